The second kappa shape index (κ2) is 17.0. The molecule has 9 aromatic carbocycles. The highest BCUT2D eigenvalue weighted by Gasteiger charge is 2.41. The van der Waals surface area contributed by atoms with Crippen LogP contribution in [0, 0.1) is 11.8 Å². The minimum Gasteiger partial charge on any atom is -0.310 e. The Morgan fingerprint density at radius 2 is 1.02 bits per heavy atom. The standard InChI is InChI=1S/C64H58N2/c1-45(2)48-23-18-42-64(44-48,50-34-38-54(39-35-50)66(52-26-12-7-13-27-52)61-31-16-22-46-21-14-15-28-56(46)61)49-32-36-53(37-33-49)65(51-24-10-6-11-25-51)55-40-41-58-60(43-55)63(3,4)59-30-17-29-57(62(58)59)47-19-8-5-9-20-47/h5-17,19-22,24-41,43,45,48H,18,23,42,44H2,1-4H3. The van der Waals surface area contributed by atoms with Gasteiger partial charge in [-0.1, -0.05) is 192 Å². The summed E-state index contributed by atoms with van der Waals surface area (Å²) >= 11 is 0. The van der Waals surface area contributed by atoms with Gasteiger partial charge < -0.3 is 9.80 Å². The lowest BCUT2D eigenvalue weighted by Gasteiger charge is -2.44. The molecule has 2 nitrogen and oxygen atoms in total. The van der Waals surface area contributed by atoms with Crippen LogP contribution in [0.15, 0.2) is 218 Å². The van der Waals surface area contributed by atoms with E-state index in [2.05, 4.69) is 256 Å². The van der Waals surface area contributed by atoms with Crippen LogP contribution >= 0.6 is 0 Å². The van der Waals surface area contributed by atoms with Gasteiger partial charge in [-0.15, -0.1) is 0 Å². The molecule has 0 saturated heterocycles. The minimum atomic E-state index is -0.152. The maximum Gasteiger partial charge on any atom is 0.0540 e. The predicted molar refractivity (Wildman–Crippen MR) is 280 cm³/mol. The van der Waals surface area contributed by atoms with Gasteiger partial charge in [0.25, 0.3) is 0 Å². The molecule has 2 aliphatic rings. The zero-order valence-corrected chi connectivity index (χ0v) is 38.7. The number of rotatable bonds is 10. The molecule has 0 radical (unpaired) electrons. The lowest BCUT2D eigenvalue weighted by Crippen LogP contribution is -2.36. The lowest BCUT2D eigenvalue weighted by molar-refractivity contribution is 0.207. The fourth-order valence-electron chi connectivity index (χ4n) is 11.6. The van der Waals surface area contributed by atoms with E-state index < -0.39 is 0 Å². The molecule has 0 bridgehead atoms. The van der Waals surface area contributed by atoms with Crippen molar-refractivity contribution in [1.29, 1.82) is 0 Å². The molecule has 2 aliphatic carbocycles. The van der Waals surface area contributed by atoms with Crippen molar-refractivity contribution in [2.75, 3.05) is 9.80 Å². The highest BCUT2D eigenvalue weighted by Crippen LogP contribution is 2.54. The van der Waals surface area contributed by atoms with Crippen molar-refractivity contribution in [2.24, 2.45) is 11.8 Å². The number of hydrogen-bond acceptors (Lipinski definition) is 2. The molecule has 1 saturated carbocycles. The average molecular weight is 855 g/mol. The summed E-state index contributed by atoms with van der Waals surface area (Å²) in [5.41, 5.74) is 17.6. The number of hydrogen-bond donors (Lipinski definition) is 0. The van der Waals surface area contributed by atoms with Gasteiger partial charge in [0, 0.05) is 44.7 Å². The van der Waals surface area contributed by atoms with Gasteiger partial charge in [0.2, 0.25) is 0 Å². The number of anilines is 6. The minimum absolute atomic E-state index is 0.0985. The summed E-state index contributed by atoms with van der Waals surface area (Å²) in [6, 6.07) is 81.2. The number of nitrogens with zero attached hydrogens (tertiary/aromatic N) is 2. The third-order valence-corrected chi connectivity index (χ3v) is 15.2. The van der Waals surface area contributed by atoms with Crippen LogP contribution in [-0.4, -0.2) is 0 Å². The van der Waals surface area contributed by atoms with Gasteiger partial charge in [0.05, 0.1) is 5.69 Å². The molecule has 0 heterocycles. The van der Waals surface area contributed by atoms with Crippen LogP contribution < -0.4 is 9.80 Å². The summed E-state index contributed by atoms with van der Waals surface area (Å²) in [7, 11) is 0. The van der Waals surface area contributed by atoms with Crippen LogP contribution in [0.5, 0.6) is 0 Å². The van der Waals surface area contributed by atoms with Crippen LogP contribution in [0.2, 0.25) is 0 Å². The third-order valence-electron chi connectivity index (χ3n) is 15.2. The first kappa shape index (κ1) is 41.5. The van der Waals surface area contributed by atoms with E-state index in [9.17, 15) is 0 Å². The van der Waals surface area contributed by atoms with E-state index in [0.717, 1.165) is 24.2 Å². The summed E-state index contributed by atoms with van der Waals surface area (Å²) < 4.78 is 0. The first-order valence-electron chi connectivity index (χ1n) is 24.0. The van der Waals surface area contributed by atoms with Crippen LogP contribution in [0.1, 0.15) is 75.6 Å². The molecule has 2 heteroatoms. The van der Waals surface area contributed by atoms with E-state index in [0.29, 0.717) is 11.8 Å². The molecule has 0 aliphatic heterocycles. The molecule has 66 heavy (non-hydrogen) atoms. The van der Waals surface area contributed by atoms with Gasteiger partial charge in [0.15, 0.2) is 0 Å². The van der Waals surface area contributed by atoms with E-state index in [4.69, 9.17) is 0 Å². The second-order valence-electron chi connectivity index (χ2n) is 19.6. The van der Waals surface area contributed by atoms with Crippen molar-refractivity contribution in [3.8, 4) is 22.3 Å². The zero-order chi connectivity index (χ0) is 44.8. The molecule has 2 unspecified atom stereocenters. The first-order valence-corrected chi connectivity index (χ1v) is 24.0. The zero-order valence-electron chi connectivity index (χ0n) is 38.7. The van der Waals surface area contributed by atoms with Crippen LogP contribution in [0.25, 0.3) is 33.0 Å². The van der Waals surface area contributed by atoms with Gasteiger partial charge in [-0.3, -0.25) is 0 Å². The third kappa shape index (κ3) is 7.20. The molecule has 2 atom stereocenters. The Morgan fingerprint density at radius 1 is 0.470 bits per heavy atom. The predicted octanol–water partition coefficient (Wildman–Crippen LogP) is 17.9. The van der Waals surface area contributed by atoms with Gasteiger partial charge in [0.1, 0.15) is 0 Å². The molecule has 0 aromatic heterocycles. The smallest absolute Gasteiger partial charge is 0.0540 e. The van der Waals surface area contributed by atoms with E-state index in [1.165, 1.54) is 90.9 Å². The molecule has 0 spiro atoms. The van der Waals surface area contributed by atoms with Crippen molar-refractivity contribution in [3.05, 3.63) is 241 Å². The maximum absolute atomic E-state index is 2.46. The molecule has 0 amide bonds. The molecule has 1 fully saturated rings. The summed E-state index contributed by atoms with van der Waals surface area (Å²) in [6.45, 7) is 9.62. The van der Waals surface area contributed by atoms with E-state index in [1.54, 1.807) is 0 Å². The Kier molecular flexibility index (Phi) is 10.7. The number of benzene rings is 9. The molecular weight excluding hydrogens is 797 g/mol. The molecule has 9 aromatic rings. The summed E-state index contributed by atoms with van der Waals surface area (Å²) in [6.07, 6.45) is 4.77. The Labute approximate surface area is 391 Å². The molecular formula is C64H58N2. The summed E-state index contributed by atoms with van der Waals surface area (Å²) in [5, 5.41) is 2.48. The fraction of sp³-hybridized carbons (Fsp3) is 0.188. The van der Waals surface area contributed by atoms with Crippen molar-refractivity contribution >= 4 is 44.9 Å². The highest BCUT2D eigenvalue weighted by atomic mass is 15.1. The Bertz CT molecular complexity index is 3130. The number of para-hydroxylation sites is 2. The van der Waals surface area contributed by atoms with Crippen molar-refractivity contribution in [2.45, 2.75) is 64.2 Å². The SMILES string of the molecule is CC(C)C1CCCC(c2ccc(N(c3ccccc3)c3ccc4c(c3)C(C)(C)c3cccc(-c5ccccc5)c3-4)cc2)(c2ccc(N(c3ccccc3)c3cccc4ccccc34)cc2)C1. The number of fused-ring (bicyclic) bond motifs is 4. The van der Waals surface area contributed by atoms with E-state index in [-0.39, 0.29) is 10.8 Å². The van der Waals surface area contributed by atoms with Crippen molar-refractivity contribution in [1.82, 2.24) is 0 Å². The van der Waals surface area contributed by atoms with Crippen LogP contribution in [-0.2, 0) is 10.8 Å². The Hall–Kier alpha value is -7.16. The maximum atomic E-state index is 2.46. The highest BCUT2D eigenvalue weighted by molar-refractivity contribution is 5.99. The fourth-order valence-corrected chi connectivity index (χ4v) is 11.6. The lowest BCUT2D eigenvalue weighted by atomic mass is 9.60. The van der Waals surface area contributed by atoms with E-state index >= 15 is 0 Å². The summed E-state index contributed by atoms with van der Waals surface area (Å²) in [5.74, 6) is 1.27. The molecule has 0 N–H and O–H groups in total. The first-order chi connectivity index (χ1) is 32.3. The van der Waals surface area contributed by atoms with Crippen LogP contribution in [0.3, 0.4) is 0 Å². The monoisotopic (exact) mass is 854 g/mol. The topological polar surface area (TPSA) is 6.48 Å². The second-order valence-corrected chi connectivity index (χ2v) is 19.6. The van der Waals surface area contributed by atoms with Crippen molar-refractivity contribution < 1.29 is 0 Å². The van der Waals surface area contributed by atoms with Gasteiger partial charge in [-0.05, 0) is 141 Å². The van der Waals surface area contributed by atoms with Gasteiger partial charge in [-0.2, -0.15) is 0 Å². The van der Waals surface area contributed by atoms with Crippen molar-refractivity contribution in [3.63, 3.8) is 0 Å². The quantitative estimate of drug-likeness (QED) is 0.135. The normalized spacial score (nSPS) is 17.3. The summed E-state index contributed by atoms with van der Waals surface area (Å²) in [4.78, 5) is 4.87. The average Bonchev–Trinajstić information content (AvgIpc) is 3.60. The van der Waals surface area contributed by atoms with Gasteiger partial charge in [-0.25, -0.2) is 0 Å². The molecule has 11 rings (SSSR count). The Morgan fingerprint density at radius 3 is 1.68 bits per heavy atom. The van der Waals surface area contributed by atoms with E-state index in [1.807, 2.05) is 0 Å². The largest absolute Gasteiger partial charge is 0.310 e. The molecule has 324 valence electrons. The van der Waals surface area contributed by atoms with Gasteiger partial charge >= 0.3 is 0 Å². The van der Waals surface area contributed by atoms with Crippen LogP contribution in [0.4, 0.5) is 34.1 Å². The Balaban J connectivity index is 0.989.